The first kappa shape index (κ1) is 13.3. The summed E-state index contributed by atoms with van der Waals surface area (Å²) in [5, 5.41) is 9.38. The van der Waals surface area contributed by atoms with Gasteiger partial charge in [-0.15, -0.1) is 0 Å². The Morgan fingerprint density at radius 2 is 2.37 bits per heavy atom. The fourth-order valence-corrected chi connectivity index (χ4v) is 1.69. The molecular weight excluding hydrogens is 268 g/mol. The number of nitrogens with two attached hydrogens (primary N) is 1. The molecule has 0 aliphatic rings. The minimum atomic E-state index is -0.474. The van der Waals surface area contributed by atoms with Gasteiger partial charge >= 0.3 is 0 Å². The van der Waals surface area contributed by atoms with Crippen LogP contribution in [0.2, 0.25) is 5.15 Å². The van der Waals surface area contributed by atoms with E-state index < -0.39 is 5.91 Å². The lowest BCUT2D eigenvalue weighted by Gasteiger charge is -2.02. The van der Waals surface area contributed by atoms with Gasteiger partial charge in [-0.3, -0.25) is 15.2 Å². The highest BCUT2D eigenvalue weighted by Gasteiger charge is 2.17. The minimum Gasteiger partial charge on any atom is -0.395 e. The van der Waals surface area contributed by atoms with Crippen molar-refractivity contribution in [3.8, 4) is 0 Å². The standard InChI is InChI=1S/C11H13ClN6O/c1-2-3-6-8(13)9(18-17-6)10(19)16-11-14-5-4-7(12)15-11/h4-5H,2-3,13H2,1H3,(H,17,18)(H,14,15,16,19). The van der Waals surface area contributed by atoms with Crippen molar-refractivity contribution in [2.45, 2.75) is 19.8 Å². The molecule has 4 N–H and O–H groups in total. The average molecular weight is 281 g/mol. The van der Waals surface area contributed by atoms with Crippen LogP contribution >= 0.6 is 11.6 Å². The number of nitrogens with zero attached hydrogens (tertiary/aromatic N) is 3. The van der Waals surface area contributed by atoms with E-state index in [9.17, 15) is 4.79 Å². The molecule has 0 atom stereocenters. The summed E-state index contributed by atoms with van der Waals surface area (Å²) >= 11 is 5.70. The van der Waals surface area contributed by atoms with Gasteiger partial charge in [-0.25, -0.2) is 9.97 Å². The fourth-order valence-electron chi connectivity index (χ4n) is 1.56. The van der Waals surface area contributed by atoms with Crippen molar-refractivity contribution in [2.75, 3.05) is 11.1 Å². The Morgan fingerprint density at radius 1 is 1.58 bits per heavy atom. The number of nitrogen functional groups attached to an aromatic ring is 1. The normalized spacial score (nSPS) is 10.4. The van der Waals surface area contributed by atoms with E-state index in [2.05, 4.69) is 25.5 Å². The monoisotopic (exact) mass is 280 g/mol. The number of carbonyl (C=O) groups excluding carboxylic acids is 1. The predicted molar refractivity (Wildman–Crippen MR) is 72.0 cm³/mol. The summed E-state index contributed by atoms with van der Waals surface area (Å²) in [6.45, 7) is 2.01. The second-order valence-electron chi connectivity index (χ2n) is 3.87. The smallest absolute Gasteiger partial charge is 0.280 e. The number of halogens is 1. The van der Waals surface area contributed by atoms with Gasteiger partial charge in [0.25, 0.3) is 5.91 Å². The molecule has 0 aliphatic heterocycles. The van der Waals surface area contributed by atoms with E-state index in [1.54, 1.807) is 0 Å². The maximum atomic E-state index is 12.0. The number of hydrogen-bond donors (Lipinski definition) is 3. The van der Waals surface area contributed by atoms with Crippen LogP contribution in [-0.4, -0.2) is 26.1 Å². The Balaban J connectivity index is 2.16. The van der Waals surface area contributed by atoms with Crippen LogP contribution in [0.15, 0.2) is 12.3 Å². The lowest BCUT2D eigenvalue weighted by Crippen LogP contribution is -2.16. The number of aromatic amines is 1. The molecule has 19 heavy (non-hydrogen) atoms. The van der Waals surface area contributed by atoms with Gasteiger partial charge in [0.15, 0.2) is 5.69 Å². The van der Waals surface area contributed by atoms with Crippen molar-refractivity contribution in [2.24, 2.45) is 0 Å². The lowest BCUT2D eigenvalue weighted by atomic mass is 10.2. The zero-order chi connectivity index (χ0) is 13.8. The molecule has 2 rings (SSSR count). The Morgan fingerprint density at radius 3 is 3.05 bits per heavy atom. The molecule has 8 heteroatoms. The van der Waals surface area contributed by atoms with E-state index in [1.807, 2.05) is 6.92 Å². The van der Waals surface area contributed by atoms with Gasteiger partial charge in [-0.1, -0.05) is 24.9 Å². The number of H-pyrrole nitrogens is 1. The minimum absolute atomic E-state index is 0.108. The molecule has 0 unspecified atom stereocenters. The van der Waals surface area contributed by atoms with Crippen LogP contribution in [0.5, 0.6) is 0 Å². The lowest BCUT2D eigenvalue weighted by molar-refractivity contribution is 0.102. The second-order valence-corrected chi connectivity index (χ2v) is 4.26. The van der Waals surface area contributed by atoms with Gasteiger partial charge in [0.2, 0.25) is 5.95 Å². The van der Waals surface area contributed by atoms with E-state index in [0.29, 0.717) is 5.69 Å². The number of carbonyl (C=O) groups is 1. The maximum Gasteiger partial charge on any atom is 0.280 e. The van der Waals surface area contributed by atoms with Gasteiger partial charge in [0, 0.05) is 6.20 Å². The molecule has 0 bridgehead atoms. The largest absolute Gasteiger partial charge is 0.395 e. The quantitative estimate of drug-likeness (QED) is 0.738. The third-order valence-corrected chi connectivity index (χ3v) is 2.66. The third-order valence-electron chi connectivity index (χ3n) is 2.44. The zero-order valence-electron chi connectivity index (χ0n) is 10.3. The summed E-state index contributed by atoms with van der Waals surface area (Å²) in [6, 6.07) is 1.51. The molecule has 0 saturated heterocycles. The molecule has 2 aromatic rings. The van der Waals surface area contributed by atoms with Crippen LogP contribution in [0.3, 0.4) is 0 Å². The van der Waals surface area contributed by atoms with Crippen LogP contribution in [0.1, 0.15) is 29.5 Å². The molecular formula is C11H13ClN6O. The molecule has 2 aromatic heterocycles. The molecule has 1 amide bonds. The van der Waals surface area contributed by atoms with Gasteiger partial charge < -0.3 is 5.73 Å². The highest BCUT2D eigenvalue weighted by Crippen LogP contribution is 2.16. The molecule has 2 heterocycles. The number of hydrogen-bond acceptors (Lipinski definition) is 5. The summed E-state index contributed by atoms with van der Waals surface area (Å²) in [6.07, 6.45) is 3.09. The molecule has 100 valence electrons. The number of amides is 1. The highest BCUT2D eigenvalue weighted by atomic mass is 35.5. The Bertz CT molecular complexity index is 597. The number of aromatic nitrogens is 4. The third kappa shape index (κ3) is 3.00. The topological polar surface area (TPSA) is 110 Å². The average Bonchev–Trinajstić information content (AvgIpc) is 2.72. The fraction of sp³-hybridized carbons (Fsp3) is 0.273. The van der Waals surface area contributed by atoms with Crippen molar-refractivity contribution < 1.29 is 4.79 Å². The molecule has 0 saturated carbocycles. The van der Waals surface area contributed by atoms with E-state index in [1.165, 1.54) is 12.3 Å². The van der Waals surface area contributed by atoms with Crippen LogP contribution in [0, 0.1) is 0 Å². The van der Waals surface area contributed by atoms with Crippen LogP contribution in [0.4, 0.5) is 11.6 Å². The first-order chi connectivity index (χ1) is 9.11. The molecule has 0 spiro atoms. The first-order valence-electron chi connectivity index (χ1n) is 5.74. The summed E-state index contributed by atoms with van der Waals surface area (Å²) in [4.78, 5) is 19.7. The molecule has 0 aromatic carbocycles. The molecule has 0 aliphatic carbocycles. The Labute approximate surface area is 114 Å². The van der Waals surface area contributed by atoms with Crippen molar-refractivity contribution in [3.05, 3.63) is 28.8 Å². The molecule has 0 fully saturated rings. The van der Waals surface area contributed by atoms with E-state index in [-0.39, 0.29) is 16.8 Å². The number of anilines is 2. The summed E-state index contributed by atoms with van der Waals surface area (Å²) < 4.78 is 0. The SMILES string of the molecule is CCCc1[nH]nc(C(=O)Nc2nccc(Cl)n2)c1N. The maximum absolute atomic E-state index is 12.0. The van der Waals surface area contributed by atoms with Gasteiger partial charge in [-0.05, 0) is 12.5 Å². The van der Waals surface area contributed by atoms with Crippen LogP contribution in [-0.2, 0) is 6.42 Å². The number of aryl methyl sites for hydroxylation is 1. The van der Waals surface area contributed by atoms with Crippen molar-refractivity contribution in [3.63, 3.8) is 0 Å². The Kier molecular flexibility index (Phi) is 3.96. The first-order valence-corrected chi connectivity index (χ1v) is 6.12. The van der Waals surface area contributed by atoms with Crippen molar-refractivity contribution in [1.29, 1.82) is 0 Å². The molecule has 0 radical (unpaired) electrons. The second kappa shape index (κ2) is 5.66. The van der Waals surface area contributed by atoms with Gasteiger partial charge in [0.05, 0.1) is 11.4 Å². The van der Waals surface area contributed by atoms with Crippen molar-refractivity contribution >= 4 is 29.1 Å². The summed E-state index contributed by atoms with van der Waals surface area (Å²) in [7, 11) is 0. The van der Waals surface area contributed by atoms with Gasteiger partial charge in [-0.2, -0.15) is 5.10 Å². The number of nitrogens with one attached hydrogen (secondary N) is 2. The van der Waals surface area contributed by atoms with E-state index in [4.69, 9.17) is 17.3 Å². The van der Waals surface area contributed by atoms with Crippen LogP contribution in [0.25, 0.3) is 0 Å². The summed E-state index contributed by atoms with van der Waals surface area (Å²) in [5.41, 5.74) is 7.08. The molecule has 7 nitrogen and oxygen atoms in total. The van der Waals surface area contributed by atoms with Crippen LogP contribution < -0.4 is 11.1 Å². The zero-order valence-corrected chi connectivity index (χ0v) is 11.0. The summed E-state index contributed by atoms with van der Waals surface area (Å²) in [5.74, 6) is -0.365. The van der Waals surface area contributed by atoms with Gasteiger partial charge in [0.1, 0.15) is 5.15 Å². The van der Waals surface area contributed by atoms with E-state index in [0.717, 1.165) is 18.5 Å². The Hall–Kier alpha value is -2.15. The predicted octanol–water partition coefficient (Wildman–Crippen LogP) is 1.64. The van der Waals surface area contributed by atoms with Crippen molar-refractivity contribution in [1.82, 2.24) is 20.2 Å². The highest BCUT2D eigenvalue weighted by molar-refractivity contribution is 6.29. The number of rotatable bonds is 4. The van der Waals surface area contributed by atoms with E-state index >= 15 is 0 Å².